The Hall–Kier alpha value is -1.76. The van der Waals surface area contributed by atoms with Crippen LogP contribution in [0.4, 0.5) is 0 Å². The number of ether oxygens (including phenoxy) is 1. The van der Waals surface area contributed by atoms with E-state index in [0.29, 0.717) is 12.0 Å². The highest BCUT2D eigenvalue weighted by Crippen LogP contribution is 2.62. The van der Waals surface area contributed by atoms with Gasteiger partial charge in [0.25, 0.3) is 0 Å². The van der Waals surface area contributed by atoms with Crippen molar-refractivity contribution in [2.45, 2.75) is 64.9 Å². The number of fused-ring (bicyclic) bond motifs is 5. The molecule has 0 aromatic heterocycles. The fourth-order valence-corrected chi connectivity index (χ4v) is 6.65. The number of hydrogen-bond acceptors (Lipinski definition) is 1. The zero-order valence-corrected chi connectivity index (χ0v) is 16.8. The highest BCUT2D eigenvalue weighted by Gasteiger charge is 2.53. The molecule has 0 aliphatic heterocycles. The molecule has 3 aliphatic carbocycles. The summed E-state index contributed by atoms with van der Waals surface area (Å²) in [5.74, 6) is 4.61. The lowest BCUT2D eigenvalue weighted by molar-refractivity contribution is 0.0336. The van der Waals surface area contributed by atoms with Gasteiger partial charge >= 0.3 is 0 Å². The SMILES string of the molecule is C[C@H]1CCC2C3CCc4cc(OCc5ccccc5)ccc4C3CCC21C. The maximum Gasteiger partial charge on any atom is 0.120 e. The standard InChI is InChI=1S/C26H32O/c1-18-8-13-25-24-11-9-20-16-21(27-17-19-6-4-3-5-7-19)10-12-22(20)23(24)14-15-26(18,25)2/h3-7,10,12,16,18,23-25H,8-9,11,13-15,17H2,1-2H3/t18-,23?,24?,25?,26?/m0/s1. The van der Waals surface area contributed by atoms with Crippen molar-refractivity contribution in [3.8, 4) is 5.75 Å². The van der Waals surface area contributed by atoms with Gasteiger partial charge in [-0.25, -0.2) is 0 Å². The lowest BCUT2D eigenvalue weighted by Gasteiger charge is -2.50. The third kappa shape index (κ3) is 2.91. The molecule has 0 N–H and O–H groups in total. The van der Waals surface area contributed by atoms with Crippen molar-refractivity contribution in [2.75, 3.05) is 0 Å². The Labute approximate surface area is 164 Å². The van der Waals surface area contributed by atoms with Gasteiger partial charge in [-0.15, -0.1) is 0 Å². The minimum absolute atomic E-state index is 0.609. The van der Waals surface area contributed by atoms with E-state index >= 15 is 0 Å². The molecule has 27 heavy (non-hydrogen) atoms. The first-order valence-electron chi connectivity index (χ1n) is 10.9. The van der Waals surface area contributed by atoms with Gasteiger partial charge in [-0.3, -0.25) is 0 Å². The summed E-state index contributed by atoms with van der Waals surface area (Å²) in [6.07, 6.45) is 8.34. The van der Waals surface area contributed by atoms with Crippen LogP contribution in [0.5, 0.6) is 5.75 Å². The number of rotatable bonds is 3. The molecule has 0 amide bonds. The van der Waals surface area contributed by atoms with Crippen LogP contribution in [0.1, 0.15) is 68.6 Å². The van der Waals surface area contributed by atoms with Crippen LogP contribution in [0.3, 0.4) is 0 Å². The molecule has 0 spiro atoms. The first-order valence-corrected chi connectivity index (χ1v) is 10.9. The van der Waals surface area contributed by atoms with Crippen molar-refractivity contribution in [1.29, 1.82) is 0 Å². The normalized spacial score (nSPS) is 34.4. The molecule has 0 saturated heterocycles. The van der Waals surface area contributed by atoms with E-state index in [0.717, 1.165) is 29.4 Å². The Morgan fingerprint density at radius 1 is 1.00 bits per heavy atom. The lowest BCUT2D eigenvalue weighted by Crippen LogP contribution is -2.41. The van der Waals surface area contributed by atoms with Gasteiger partial charge in [0, 0.05) is 0 Å². The summed E-state index contributed by atoms with van der Waals surface area (Å²) < 4.78 is 6.09. The van der Waals surface area contributed by atoms with Crippen LogP contribution in [0.2, 0.25) is 0 Å². The van der Waals surface area contributed by atoms with Crippen LogP contribution >= 0.6 is 0 Å². The smallest absolute Gasteiger partial charge is 0.120 e. The highest BCUT2D eigenvalue weighted by molar-refractivity contribution is 5.41. The maximum absolute atomic E-state index is 6.09. The monoisotopic (exact) mass is 360 g/mol. The molecule has 142 valence electrons. The molecule has 5 atom stereocenters. The third-order valence-electron chi connectivity index (χ3n) is 8.42. The van der Waals surface area contributed by atoms with E-state index in [1.165, 1.54) is 44.1 Å². The predicted molar refractivity (Wildman–Crippen MR) is 111 cm³/mol. The Kier molecular flexibility index (Phi) is 4.30. The zero-order valence-electron chi connectivity index (χ0n) is 16.8. The molecule has 1 heteroatoms. The van der Waals surface area contributed by atoms with Crippen molar-refractivity contribution < 1.29 is 4.74 Å². The van der Waals surface area contributed by atoms with Gasteiger partial charge < -0.3 is 4.74 Å². The van der Waals surface area contributed by atoms with Crippen LogP contribution < -0.4 is 4.74 Å². The maximum atomic E-state index is 6.09. The molecular formula is C26H32O. The van der Waals surface area contributed by atoms with Gasteiger partial charge in [0.15, 0.2) is 0 Å². The second kappa shape index (κ2) is 6.69. The van der Waals surface area contributed by atoms with Gasteiger partial charge in [0.2, 0.25) is 0 Å². The first-order chi connectivity index (χ1) is 13.1. The summed E-state index contributed by atoms with van der Waals surface area (Å²) in [7, 11) is 0. The van der Waals surface area contributed by atoms with Crippen LogP contribution in [-0.4, -0.2) is 0 Å². The summed E-state index contributed by atoms with van der Waals surface area (Å²) in [5.41, 5.74) is 5.03. The molecule has 1 nitrogen and oxygen atoms in total. The number of aryl methyl sites for hydroxylation is 1. The fourth-order valence-electron chi connectivity index (χ4n) is 6.65. The highest BCUT2D eigenvalue weighted by atomic mass is 16.5. The van der Waals surface area contributed by atoms with E-state index in [9.17, 15) is 0 Å². The average Bonchev–Trinajstić information content (AvgIpc) is 3.01. The minimum atomic E-state index is 0.609. The van der Waals surface area contributed by atoms with Crippen LogP contribution in [-0.2, 0) is 13.0 Å². The zero-order chi connectivity index (χ0) is 18.4. The molecule has 0 radical (unpaired) electrons. The molecule has 2 saturated carbocycles. The van der Waals surface area contributed by atoms with Crippen LogP contribution in [0, 0.1) is 23.2 Å². The second-order valence-electron chi connectivity index (χ2n) is 9.57. The molecular weight excluding hydrogens is 328 g/mol. The van der Waals surface area contributed by atoms with Crippen molar-refractivity contribution >= 4 is 0 Å². The molecule has 0 bridgehead atoms. The summed E-state index contributed by atoms with van der Waals surface area (Å²) >= 11 is 0. The molecule has 0 heterocycles. The second-order valence-corrected chi connectivity index (χ2v) is 9.57. The molecule has 4 unspecified atom stereocenters. The lowest BCUT2D eigenvalue weighted by atomic mass is 9.54. The summed E-state index contributed by atoms with van der Waals surface area (Å²) in [4.78, 5) is 0. The fraction of sp³-hybridized carbons (Fsp3) is 0.538. The van der Waals surface area contributed by atoms with Crippen molar-refractivity contribution in [1.82, 2.24) is 0 Å². The Bertz CT molecular complexity index is 810. The number of hydrogen-bond donors (Lipinski definition) is 0. The number of benzene rings is 2. The topological polar surface area (TPSA) is 9.23 Å². The molecule has 3 aliphatic rings. The van der Waals surface area contributed by atoms with Crippen molar-refractivity contribution in [3.05, 3.63) is 65.2 Å². The average molecular weight is 361 g/mol. The van der Waals surface area contributed by atoms with E-state index in [4.69, 9.17) is 4.74 Å². The van der Waals surface area contributed by atoms with Gasteiger partial charge in [-0.2, -0.15) is 0 Å². The van der Waals surface area contributed by atoms with E-state index in [1.54, 1.807) is 11.1 Å². The van der Waals surface area contributed by atoms with Crippen LogP contribution in [0.15, 0.2) is 48.5 Å². The Balaban J connectivity index is 1.34. The molecule has 5 rings (SSSR count). The Morgan fingerprint density at radius 2 is 1.85 bits per heavy atom. The quantitative estimate of drug-likeness (QED) is 0.587. The molecule has 2 fully saturated rings. The van der Waals surface area contributed by atoms with Gasteiger partial charge in [0.05, 0.1) is 0 Å². The van der Waals surface area contributed by atoms with Crippen molar-refractivity contribution in [2.24, 2.45) is 23.2 Å². The van der Waals surface area contributed by atoms with Gasteiger partial charge in [-0.05, 0) is 96.4 Å². The van der Waals surface area contributed by atoms with E-state index in [-0.39, 0.29) is 0 Å². The Morgan fingerprint density at radius 3 is 2.70 bits per heavy atom. The summed E-state index contributed by atoms with van der Waals surface area (Å²) in [5, 5.41) is 0. The van der Waals surface area contributed by atoms with Crippen LogP contribution in [0.25, 0.3) is 0 Å². The van der Waals surface area contributed by atoms with Crippen molar-refractivity contribution in [3.63, 3.8) is 0 Å². The predicted octanol–water partition coefficient (Wildman–Crippen LogP) is 6.76. The van der Waals surface area contributed by atoms with E-state index in [2.05, 4.69) is 62.4 Å². The van der Waals surface area contributed by atoms with Gasteiger partial charge in [0.1, 0.15) is 12.4 Å². The third-order valence-corrected chi connectivity index (χ3v) is 8.42. The first kappa shape index (κ1) is 17.3. The largest absolute Gasteiger partial charge is 0.489 e. The molecule has 2 aromatic carbocycles. The summed E-state index contributed by atoms with van der Waals surface area (Å²) in [6, 6.07) is 17.4. The van der Waals surface area contributed by atoms with E-state index in [1.807, 2.05) is 0 Å². The van der Waals surface area contributed by atoms with Gasteiger partial charge in [-0.1, -0.05) is 50.2 Å². The molecule has 2 aromatic rings. The van der Waals surface area contributed by atoms with E-state index < -0.39 is 0 Å². The summed E-state index contributed by atoms with van der Waals surface area (Å²) in [6.45, 7) is 5.76. The minimum Gasteiger partial charge on any atom is -0.489 e.